The van der Waals surface area contributed by atoms with Crippen LogP contribution < -0.4 is 0 Å². The van der Waals surface area contributed by atoms with Crippen molar-refractivity contribution in [2.24, 2.45) is 4.99 Å². The number of nitrogens with zero attached hydrogens (tertiary/aromatic N) is 2. The van der Waals surface area contributed by atoms with Crippen LogP contribution in [0.3, 0.4) is 0 Å². The predicted molar refractivity (Wildman–Crippen MR) is 113 cm³/mol. The number of fused-ring (bicyclic) bond motifs is 1. The average Bonchev–Trinajstić information content (AvgIpc) is 3.05. The first-order chi connectivity index (χ1) is 12.5. The molecule has 0 amide bonds. The Balaban J connectivity index is 1.87. The standard InChI is InChI=1S/C21H18N2OS2/c1-12-8-9-17-16(10-12)15(14(3)22-17)11-19-20(24)23(21(25)26-19)18-7-5-4-6-13(18)2/h4-11,24H,1-3H3/b15-11+. The zero-order valence-electron chi connectivity index (χ0n) is 14.8. The van der Waals surface area contributed by atoms with E-state index >= 15 is 0 Å². The quantitative estimate of drug-likeness (QED) is 0.536. The van der Waals surface area contributed by atoms with E-state index in [9.17, 15) is 5.11 Å². The van der Waals surface area contributed by atoms with Crippen LogP contribution in [0.5, 0.6) is 5.88 Å². The Hall–Kier alpha value is -2.50. The Morgan fingerprint density at radius 2 is 1.88 bits per heavy atom. The predicted octanol–water partition coefficient (Wildman–Crippen LogP) is 6.24. The largest absolute Gasteiger partial charge is 0.493 e. The van der Waals surface area contributed by atoms with Gasteiger partial charge in [0.1, 0.15) is 0 Å². The molecule has 1 N–H and O–H groups in total. The van der Waals surface area contributed by atoms with Gasteiger partial charge >= 0.3 is 0 Å². The molecule has 0 radical (unpaired) electrons. The molecule has 0 atom stereocenters. The van der Waals surface area contributed by atoms with Gasteiger partial charge in [-0.15, -0.1) is 11.3 Å². The van der Waals surface area contributed by atoms with Crippen molar-refractivity contribution in [1.29, 1.82) is 0 Å². The summed E-state index contributed by atoms with van der Waals surface area (Å²) in [5, 5.41) is 10.9. The van der Waals surface area contributed by atoms with Gasteiger partial charge in [0.15, 0.2) is 3.95 Å². The Kier molecular flexibility index (Phi) is 4.13. The van der Waals surface area contributed by atoms with Crippen LogP contribution >= 0.6 is 23.6 Å². The van der Waals surface area contributed by atoms with Gasteiger partial charge in [-0.05, 0) is 62.8 Å². The number of para-hydroxylation sites is 1. The SMILES string of the molecule is CC1=Nc2ccc(C)cc2/C1=C/c1sc(=S)n(-c2ccccc2C)c1O. The van der Waals surface area contributed by atoms with E-state index in [-0.39, 0.29) is 5.88 Å². The van der Waals surface area contributed by atoms with Gasteiger partial charge in [0.25, 0.3) is 0 Å². The van der Waals surface area contributed by atoms with E-state index in [0.29, 0.717) is 3.95 Å². The van der Waals surface area contributed by atoms with Crippen molar-refractivity contribution < 1.29 is 5.11 Å². The Morgan fingerprint density at radius 1 is 1.12 bits per heavy atom. The van der Waals surface area contributed by atoms with Gasteiger partial charge < -0.3 is 5.11 Å². The summed E-state index contributed by atoms with van der Waals surface area (Å²) in [6.07, 6.45) is 1.99. The summed E-state index contributed by atoms with van der Waals surface area (Å²) >= 11 is 6.94. The van der Waals surface area contributed by atoms with Crippen LogP contribution in [0.4, 0.5) is 5.69 Å². The van der Waals surface area contributed by atoms with E-state index in [2.05, 4.69) is 24.0 Å². The number of rotatable bonds is 2. The van der Waals surface area contributed by atoms with Crippen molar-refractivity contribution in [2.75, 3.05) is 0 Å². The second-order valence-corrected chi connectivity index (χ2v) is 8.13. The van der Waals surface area contributed by atoms with Crippen molar-refractivity contribution in [3.05, 3.63) is 68.0 Å². The maximum atomic E-state index is 10.9. The fraction of sp³-hybridized carbons (Fsp3) is 0.143. The number of hydrogen-bond donors (Lipinski definition) is 1. The summed E-state index contributed by atoms with van der Waals surface area (Å²) in [7, 11) is 0. The van der Waals surface area contributed by atoms with E-state index in [1.54, 1.807) is 4.57 Å². The molecule has 1 aromatic heterocycles. The van der Waals surface area contributed by atoms with Crippen LogP contribution in [0.15, 0.2) is 47.5 Å². The van der Waals surface area contributed by atoms with Crippen molar-refractivity contribution in [1.82, 2.24) is 4.57 Å². The summed E-state index contributed by atoms with van der Waals surface area (Å²) in [5.74, 6) is 0.177. The fourth-order valence-electron chi connectivity index (χ4n) is 3.21. The second-order valence-electron chi connectivity index (χ2n) is 6.45. The first-order valence-corrected chi connectivity index (χ1v) is 9.57. The van der Waals surface area contributed by atoms with Crippen molar-refractivity contribution in [3.63, 3.8) is 0 Å². The Morgan fingerprint density at radius 3 is 2.65 bits per heavy atom. The van der Waals surface area contributed by atoms with E-state index in [4.69, 9.17) is 12.2 Å². The lowest BCUT2D eigenvalue weighted by Gasteiger charge is -2.08. The monoisotopic (exact) mass is 378 g/mol. The molecule has 3 aromatic rings. The Bertz CT molecular complexity index is 1150. The third-order valence-electron chi connectivity index (χ3n) is 4.56. The number of benzene rings is 2. The van der Waals surface area contributed by atoms with Gasteiger partial charge in [0, 0.05) is 16.8 Å². The highest BCUT2D eigenvalue weighted by Gasteiger charge is 2.20. The molecule has 0 bridgehead atoms. The normalized spacial score (nSPS) is 14.6. The van der Waals surface area contributed by atoms with Crippen LogP contribution in [0.25, 0.3) is 17.3 Å². The maximum absolute atomic E-state index is 10.9. The number of aromatic nitrogens is 1. The number of aryl methyl sites for hydroxylation is 2. The van der Waals surface area contributed by atoms with Gasteiger partial charge in [-0.25, -0.2) is 0 Å². The van der Waals surface area contributed by atoms with E-state index in [0.717, 1.165) is 38.7 Å². The van der Waals surface area contributed by atoms with Crippen molar-refractivity contribution in [3.8, 4) is 11.6 Å². The molecular weight excluding hydrogens is 360 g/mol. The summed E-state index contributed by atoms with van der Waals surface area (Å²) in [5.41, 5.74) is 7.22. The van der Waals surface area contributed by atoms with Crippen LogP contribution in [0.2, 0.25) is 0 Å². The number of aliphatic imine (C=N–C) groups is 1. The number of thiazole rings is 1. The molecule has 0 saturated heterocycles. The first-order valence-electron chi connectivity index (χ1n) is 8.35. The minimum atomic E-state index is 0.177. The van der Waals surface area contributed by atoms with E-state index < -0.39 is 0 Å². The number of hydrogen-bond acceptors (Lipinski definition) is 4. The van der Waals surface area contributed by atoms with Crippen molar-refractivity contribution >= 4 is 46.6 Å². The third-order valence-corrected chi connectivity index (χ3v) is 5.87. The molecule has 2 heterocycles. The van der Waals surface area contributed by atoms with Gasteiger partial charge in [0.2, 0.25) is 5.88 Å². The van der Waals surface area contributed by atoms with Gasteiger partial charge in [0.05, 0.1) is 16.3 Å². The topological polar surface area (TPSA) is 37.5 Å². The van der Waals surface area contributed by atoms with Crippen LogP contribution in [-0.4, -0.2) is 15.4 Å². The van der Waals surface area contributed by atoms with Crippen molar-refractivity contribution in [2.45, 2.75) is 20.8 Å². The summed E-state index contributed by atoms with van der Waals surface area (Å²) in [4.78, 5) is 5.39. The van der Waals surface area contributed by atoms with Crippen LogP contribution in [0.1, 0.15) is 28.5 Å². The average molecular weight is 379 g/mol. The summed E-state index contributed by atoms with van der Waals surface area (Å²) in [6.45, 7) is 6.08. The smallest absolute Gasteiger partial charge is 0.215 e. The summed E-state index contributed by atoms with van der Waals surface area (Å²) in [6, 6.07) is 14.1. The molecule has 26 heavy (non-hydrogen) atoms. The lowest BCUT2D eigenvalue weighted by Crippen LogP contribution is -1.96. The second kappa shape index (κ2) is 6.34. The lowest BCUT2D eigenvalue weighted by molar-refractivity contribution is 0.441. The molecule has 0 spiro atoms. The van der Waals surface area contributed by atoms with E-state index in [1.807, 2.05) is 50.3 Å². The highest BCUT2D eigenvalue weighted by Crippen LogP contribution is 2.39. The minimum Gasteiger partial charge on any atom is -0.493 e. The van der Waals surface area contributed by atoms with E-state index in [1.165, 1.54) is 16.9 Å². The highest BCUT2D eigenvalue weighted by molar-refractivity contribution is 7.73. The van der Waals surface area contributed by atoms with Gasteiger partial charge in [-0.1, -0.05) is 29.8 Å². The van der Waals surface area contributed by atoms with Crippen LogP contribution in [-0.2, 0) is 0 Å². The fourth-order valence-corrected chi connectivity index (χ4v) is 4.49. The first kappa shape index (κ1) is 16.9. The molecule has 0 saturated carbocycles. The molecule has 1 aliphatic rings. The molecule has 130 valence electrons. The zero-order valence-corrected chi connectivity index (χ0v) is 16.4. The van der Waals surface area contributed by atoms with Gasteiger partial charge in [-0.2, -0.15) is 0 Å². The molecule has 2 aromatic carbocycles. The molecular formula is C21H18N2OS2. The summed E-state index contributed by atoms with van der Waals surface area (Å²) < 4.78 is 2.36. The Labute approximate surface area is 161 Å². The molecule has 1 aliphatic heterocycles. The number of aromatic hydroxyl groups is 1. The molecule has 5 heteroatoms. The highest BCUT2D eigenvalue weighted by atomic mass is 32.1. The number of allylic oxidation sites excluding steroid dienone is 1. The molecule has 0 unspecified atom stereocenters. The third kappa shape index (κ3) is 2.73. The molecule has 4 rings (SSSR count). The zero-order chi connectivity index (χ0) is 18.4. The molecule has 0 fully saturated rings. The maximum Gasteiger partial charge on any atom is 0.215 e. The van der Waals surface area contributed by atoms with Gasteiger partial charge in [-0.3, -0.25) is 9.56 Å². The van der Waals surface area contributed by atoms with Crippen LogP contribution in [0, 0.1) is 17.8 Å². The molecule has 3 nitrogen and oxygen atoms in total. The lowest BCUT2D eigenvalue weighted by atomic mass is 10.0. The molecule has 0 aliphatic carbocycles. The minimum absolute atomic E-state index is 0.177.